The standard InChI is InChI=1S/C13H13NS/c14-12-5-1-10(2-6-12)9-11-3-7-13(15)8-4-11/h1-8,15H,9,14H2. The van der Waals surface area contributed by atoms with E-state index in [0.717, 1.165) is 17.0 Å². The van der Waals surface area contributed by atoms with Gasteiger partial charge in [0.1, 0.15) is 0 Å². The predicted molar refractivity (Wildman–Crippen MR) is 67.4 cm³/mol. The Morgan fingerprint density at radius 3 is 1.80 bits per heavy atom. The molecule has 2 rings (SSSR count). The monoisotopic (exact) mass is 215 g/mol. The summed E-state index contributed by atoms with van der Waals surface area (Å²) in [5.41, 5.74) is 9.00. The smallest absolute Gasteiger partial charge is 0.0314 e. The summed E-state index contributed by atoms with van der Waals surface area (Å²) in [7, 11) is 0. The van der Waals surface area contributed by atoms with Gasteiger partial charge >= 0.3 is 0 Å². The first-order valence-electron chi connectivity index (χ1n) is 4.86. The van der Waals surface area contributed by atoms with Gasteiger partial charge in [0.25, 0.3) is 0 Å². The molecule has 0 saturated carbocycles. The fraction of sp³-hybridized carbons (Fsp3) is 0.0769. The highest BCUT2D eigenvalue weighted by molar-refractivity contribution is 7.80. The van der Waals surface area contributed by atoms with E-state index < -0.39 is 0 Å². The van der Waals surface area contributed by atoms with Crippen molar-refractivity contribution in [3.8, 4) is 0 Å². The van der Waals surface area contributed by atoms with Crippen LogP contribution in [0.1, 0.15) is 11.1 Å². The first kappa shape index (κ1) is 10.1. The van der Waals surface area contributed by atoms with Gasteiger partial charge in [0.05, 0.1) is 0 Å². The van der Waals surface area contributed by atoms with Gasteiger partial charge in [0.2, 0.25) is 0 Å². The van der Waals surface area contributed by atoms with Crippen molar-refractivity contribution < 1.29 is 0 Å². The first-order chi connectivity index (χ1) is 7.24. The third-order valence-corrected chi connectivity index (χ3v) is 2.62. The third-order valence-electron chi connectivity index (χ3n) is 2.32. The molecule has 2 aromatic rings. The van der Waals surface area contributed by atoms with Crippen molar-refractivity contribution in [2.75, 3.05) is 5.73 Å². The van der Waals surface area contributed by atoms with Gasteiger partial charge in [-0.2, -0.15) is 0 Å². The number of anilines is 1. The molecule has 2 N–H and O–H groups in total. The average Bonchev–Trinajstić information content (AvgIpc) is 2.25. The molecule has 0 aliphatic rings. The summed E-state index contributed by atoms with van der Waals surface area (Å²) in [6.45, 7) is 0. The van der Waals surface area contributed by atoms with Gasteiger partial charge in [-0.3, -0.25) is 0 Å². The summed E-state index contributed by atoms with van der Waals surface area (Å²) in [5, 5.41) is 0. The second kappa shape index (κ2) is 4.41. The van der Waals surface area contributed by atoms with Crippen LogP contribution in [0, 0.1) is 0 Å². The first-order valence-corrected chi connectivity index (χ1v) is 5.31. The maximum Gasteiger partial charge on any atom is 0.0314 e. The lowest BCUT2D eigenvalue weighted by molar-refractivity contribution is 1.18. The van der Waals surface area contributed by atoms with Crippen LogP contribution in [-0.2, 0) is 6.42 Å². The van der Waals surface area contributed by atoms with E-state index in [2.05, 4.69) is 36.9 Å². The molecule has 1 nitrogen and oxygen atoms in total. The van der Waals surface area contributed by atoms with Crippen LogP contribution in [0.5, 0.6) is 0 Å². The molecule has 0 fully saturated rings. The Morgan fingerprint density at radius 2 is 1.27 bits per heavy atom. The summed E-state index contributed by atoms with van der Waals surface area (Å²) in [4.78, 5) is 0.996. The highest BCUT2D eigenvalue weighted by atomic mass is 32.1. The zero-order valence-electron chi connectivity index (χ0n) is 8.35. The Balaban J connectivity index is 2.15. The molecule has 15 heavy (non-hydrogen) atoms. The lowest BCUT2D eigenvalue weighted by Crippen LogP contribution is -1.89. The van der Waals surface area contributed by atoms with Crippen molar-refractivity contribution >= 4 is 18.3 Å². The lowest BCUT2D eigenvalue weighted by Gasteiger charge is -2.02. The molecule has 0 radical (unpaired) electrons. The summed E-state index contributed by atoms with van der Waals surface area (Å²) >= 11 is 4.25. The van der Waals surface area contributed by atoms with E-state index in [1.54, 1.807) is 0 Å². The Morgan fingerprint density at radius 1 is 0.800 bits per heavy atom. The van der Waals surface area contributed by atoms with E-state index in [1.807, 2.05) is 24.3 Å². The Bertz CT molecular complexity index is 388. The van der Waals surface area contributed by atoms with Crippen LogP contribution < -0.4 is 5.73 Å². The average molecular weight is 215 g/mol. The van der Waals surface area contributed by atoms with Crippen molar-refractivity contribution in [2.45, 2.75) is 11.3 Å². The van der Waals surface area contributed by atoms with Gasteiger partial charge < -0.3 is 5.73 Å². The molecule has 76 valence electrons. The molecule has 0 amide bonds. The van der Waals surface area contributed by atoms with Crippen LogP contribution in [0.2, 0.25) is 0 Å². The molecule has 0 aliphatic heterocycles. The number of hydrogen-bond acceptors (Lipinski definition) is 2. The van der Waals surface area contributed by atoms with E-state index in [-0.39, 0.29) is 0 Å². The number of thiol groups is 1. The van der Waals surface area contributed by atoms with Crippen LogP contribution in [-0.4, -0.2) is 0 Å². The second-order valence-corrected chi connectivity index (χ2v) is 4.10. The fourth-order valence-corrected chi connectivity index (χ4v) is 1.63. The van der Waals surface area contributed by atoms with E-state index in [4.69, 9.17) is 5.73 Å². The highest BCUT2D eigenvalue weighted by Crippen LogP contribution is 2.13. The number of nitrogens with two attached hydrogens (primary N) is 1. The molecular formula is C13H13NS. The zero-order chi connectivity index (χ0) is 10.7. The third kappa shape index (κ3) is 2.77. The predicted octanol–water partition coefficient (Wildman–Crippen LogP) is 3.15. The molecule has 0 atom stereocenters. The van der Waals surface area contributed by atoms with Crippen LogP contribution in [0.15, 0.2) is 53.4 Å². The molecule has 0 aromatic heterocycles. The van der Waals surface area contributed by atoms with E-state index in [1.165, 1.54) is 11.1 Å². The molecule has 0 saturated heterocycles. The Labute approximate surface area is 95.3 Å². The largest absolute Gasteiger partial charge is 0.399 e. The summed E-state index contributed by atoms with van der Waals surface area (Å²) in [6, 6.07) is 16.2. The van der Waals surface area contributed by atoms with Gasteiger partial charge in [0, 0.05) is 10.6 Å². The van der Waals surface area contributed by atoms with Crippen molar-refractivity contribution in [3.05, 3.63) is 59.7 Å². The summed E-state index contributed by atoms with van der Waals surface area (Å²) < 4.78 is 0. The van der Waals surface area contributed by atoms with E-state index in [0.29, 0.717) is 0 Å². The van der Waals surface area contributed by atoms with Crippen LogP contribution in [0.3, 0.4) is 0 Å². The van der Waals surface area contributed by atoms with Crippen molar-refractivity contribution in [3.63, 3.8) is 0 Å². The molecular weight excluding hydrogens is 202 g/mol. The van der Waals surface area contributed by atoms with Gasteiger partial charge in [-0.15, -0.1) is 12.6 Å². The maximum atomic E-state index is 5.63. The topological polar surface area (TPSA) is 26.0 Å². The van der Waals surface area contributed by atoms with Crippen LogP contribution in [0.4, 0.5) is 5.69 Å². The SMILES string of the molecule is Nc1ccc(Cc2ccc(S)cc2)cc1. The lowest BCUT2D eigenvalue weighted by atomic mass is 10.1. The van der Waals surface area contributed by atoms with Gasteiger partial charge in [-0.25, -0.2) is 0 Å². The fourth-order valence-electron chi connectivity index (χ4n) is 1.48. The Kier molecular flexibility index (Phi) is 2.97. The number of nitrogen functional groups attached to an aromatic ring is 1. The number of benzene rings is 2. The minimum atomic E-state index is 0.810. The quantitative estimate of drug-likeness (QED) is 0.584. The minimum absolute atomic E-state index is 0.810. The molecule has 2 heteroatoms. The zero-order valence-corrected chi connectivity index (χ0v) is 9.24. The van der Waals surface area contributed by atoms with Crippen molar-refractivity contribution in [2.24, 2.45) is 0 Å². The minimum Gasteiger partial charge on any atom is -0.399 e. The highest BCUT2D eigenvalue weighted by Gasteiger charge is 1.95. The molecule has 0 aliphatic carbocycles. The molecule has 0 unspecified atom stereocenters. The van der Waals surface area contributed by atoms with Crippen LogP contribution >= 0.6 is 12.6 Å². The van der Waals surface area contributed by atoms with Crippen LogP contribution in [0.25, 0.3) is 0 Å². The van der Waals surface area contributed by atoms with Gasteiger partial charge in [0.15, 0.2) is 0 Å². The van der Waals surface area contributed by atoms with E-state index >= 15 is 0 Å². The second-order valence-electron chi connectivity index (χ2n) is 3.58. The van der Waals surface area contributed by atoms with Gasteiger partial charge in [-0.05, 0) is 41.8 Å². The number of rotatable bonds is 2. The maximum absolute atomic E-state index is 5.63. The van der Waals surface area contributed by atoms with Crippen molar-refractivity contribution in [1.82, 2.24) is 0 Å². The van der Waals surface area contributed by atoms with E-state index in [9.17, 15) is 0 Å². The molecule has 0 bridgehead atoms. The molecule has 0 heterocycles. The number of hydrogen-bond donors (Lipinski definition) is 2. The molecule has 2 aromatic carbocycles. The van der Waals surface area contributed by atoms with Crippen molar-refractivity contribution in [1.29, 1.82) is 0 Å². The molecule has 0 spiro atoms. The summed E-state index contributed by atoms with van der Waals surface area (Å²) in [5.74, 6) is 0. The Hall–Kier alpha value is -1.41. The van der Waals surface area contributed by atoms with Gasteiger partial charge in [-0.1, -0.05) is 24.3 Å². The normalized spacial score (nSPS) is 10.2. The summed E-state index contributed by atoms with van der Waals surface area (Å²) in [6.07, 6.45) is 0.939.